The third-order valence-electron chi connectivity index (χ3n) is 5.65. The second-order valence-electron chi connectivity index (χ2n) is 8.36. The first-order valence-corrected chi connectivity index (χ1v) is 11.5. The Bertz CT molecular complexity index is 1040. The maximum absolute atomic E-state index is 12.8. The zero-order valence-corrected chi connectivity index (χ0v) is 19.3. The van der Waals surface area contributed by atoms with Gasteiger partial charge in [-0.3, -0.25) is 9.48 Å². The summed E-state index contributed by atoms with van der Waals surface area (Å²) in [5.74, 6) is 0.0380. The SMILES string of the molecule is CCCCc1cccc(-c2cc(NC(=O)[C@@H](CC)CC(C)=O)nn2Cc2ccccc2)c1. The summed E-state index contributed by atoms with van der Waals surface area (Å²) < 4.78 is 1.94. The Kier molecular flexibility index (Phi) is 8.37. The van der Waals surface area contributed by atoms with Crippen molar-refractivity contribution >= 4 is 17.5 Å². The third kappa shape index (κ3) is 6.39. The number of rotatable bonds is 11. The summed E-state index contributed by atoms with van der Waals surface area (Å²) in [6, 6.07) is 20.6. The Morgan fingerprint density at radius 1 is 1.00 bits per heavy atom. The van der Waals surface area contributed by atoms with E-state index in [-0.39, 0.29) is 24.0 Å². The van der Waals surface area contributed by atoms with Crippen LogP contribution in [-0.4, -0.2) is 21.5 Å². The molecular weight excluding hydrogens is 398 g/mol. The molecule has 1 aromatic heterocycles. The first-order valence-electron chi connectivity index (χ1n) is 11.5. The standard InChI is InChI=1S/C27H33N3O2/c1-4-6-11-21-14-10-15-24(17-21)25-18-26(28-27(32)23(5-2)16-20(3)31)29-30(25)19-22-12-8-7-9-13-22/h7-10,12-15,17-18,23H,4-6,11,16,19H2,1-3H3,(H,28,29,32)/t23-/m0/s1. The van der Waals surface area contributed by atoms with E-state index in [0.717, 1.165) is 36.1 Å². The van der Waals surface area contributed by atoms with Gasteiger partial charge in [0, 0.05) is 24.0 Å². The number of Topliss-reactive ketones (excluding diaryl/α,β-unsaturated/α-hetero) is 1. The average Bonchev–Trinajstić information content (AvgIpc) is 3.18. The van der Waals surface area contributed by atoms with Crippen LogP contribution in [0.15, 0.2) is 60.7 Å². The monoisotopic (exact) mass is 431 g/mol. The van der Waals surface area contributed by atoms with E-state index in [2.05, 4.69) is 48.6 Å². The summed E-state index contributed by atoms with van der Waals surface area (Å²) in [4.78, 5) is 24.3. The van der Waals surface area contributed by atoms with Gasteiger partial charge in [0.25, 0.3) is 0 Å². The van der Waals surface area contributed by atoms with E-state index in [9.17, 15) is 9.59 Å². The number of carbonyl (C=O) groups is 2. The maximum Gasteiger partial charge on any atom is 0.229 e. The summed E-state index contributed by atoms with van der Waals surface area (Å²) in [6.45, 7) is 6.25. The van der Waals surface area contributed by atoms with Crippen molar-refractivity contribution in [3.63, 3.8) is 0 Å². The van der Waals surface area contributed by atoms with Crippen molar-refractivity contribution in [1.82, 2.24) is 9.78 Å². The minimum Gasteiger partial charge on any atom is -0.309 e. The van der Waals surface area contributed by atoms with Crippen molar-refractivity contribution in [3.05, 3.63) is 71.8 Å². The molecule has 3 rings (SSSR count). The highest BCUT2D eigenvalue weighted by atomic mass is 16.2. The molecule has 0 radical (unpaired) electrons. The predicted molar refractivity (Wildman–Crippen MR) is 130 cm³/mol. The molecule has 1 N–H and O–H groups in total. The number of hydrogen-bond acceptors (Lipinski definition) is 3. The number of nitrogens with one attached hydrogen (secondary N) is 1. The van der Waals surface area contributed by atoms with Gasteiger partial charge < -0.3 is 10.1 Å². The Balaban J connectivity index is 1.91. The molecule has 0 aliphatic heterocycles. The molecule has 5 heteroatoms. The van der Waals surface area contributed by atoms with Gasteiger partial charge in [0.1, 0.15) is 5.78 Å². The lowest BCUT2D eigenvalue weighted by molar-refractivity contribution is -0.125. The van der Waals surface area contributed by atoms with Crippen molar-refractivity contribution < 1.29 is 9.59 Å². The molecule has 0 saturated carbocycles. The van der Waals surface area contributed by atoms with E-state index in [1.54, 1.807) is 0 Å². The van der Waals surface area contributed by atoms with Crippen LogP contribution >= 0.6 is 0 Å². The predicted octanol–water partition coefficient (Wildman–Crippen LogP) is 5.88. The highest BCUT2D eigenvalue weighted by Crippen LogP contribution is 2.26. The van der Waals surface area contributed by atoms with Gasteiger partial charge >= 0.3 is 0 Å². The Morgan fingerprint density at radius 3 is 2.44 bits per heavy atom. The normalized spacial score (nSPS) is 11.8. The lowest BCUT2D eigenvalue weighted by Crippen LogP contribution is -2.24. The Hall–Kier alpha value is -3.21. The Labute approximate surface area is 190 Å². The summed E-state index contributed by atoms with van der Waals surface area (Å²) in [5, 5.41) is 7.65. The number of aromatic nitrogens is 2. The van der Waals surface area contributed by atoms with E-state index in [1.165, 1.54) is 12.5 Å². The number of carbonyl (C=O) groups excluding carboxylic acids is 2. The van der Waals surface area contributed by atoms with Gasteiger partial charge in [-0.2, -0.15) is 5.10 Å². The van der Waals surface area contributed by atoms with Crippen LogP contribution in [0.4, 0.5) is 5.82 Å². The van der Waals surface area contributed by atoms with Gasteiger partial charge in [0.05, 0.1) is 12.2 Å². The number of ketones is 1. The van der Waals surface area contributed by atoms with E-state index in [0.29, 0.717) is 18.8 Å². The largest absolute Gasteiger partial charge is 0.309 e. The number of nitrogens with zero attached hydrogens (tertiary/aromatic N) is 2. The fraction of sp³-hybridized carbons (Fsp3) is 0.370. The number of benzene rings is 2. The van der Waals surface area contributed by atoms with E-state index in [4.69, 9.17) is 5.10 Å². The zero-order chi connectivity index (χ0) is 22.9. The van der Waals surface area contributed by atoms with Crippen LogP contribution in [0.25, 0.3) is 11.3 Å². The van der Waals surface area contributed by atoms with E-state index in [1.807, 2.05) is 35.9 Å². The highest BCUT2D eigenvalue weighted by Gasteiger charge is 2.20. The minimum absolute atomic E-state index is 0.0196. The first kappa shape index (κ1) is 23.5. The summed E-state index contributed by atoms with van der Waals surface area (Å²) >= 11 is 0. The molecule has 1 atom stereocenters. The fourth-order valence-electron chi connectivity index (χ4n) is 3.85. The van der Waals surface area contributed by atoms with Crippen LogP contribution in [0.5, 0.6) is 0 Å². The molecule has 0 fully saturated rings. The molecule has 0 bridgehead atoms. The van der Waals surface area contributed by atoms with Crippen molar-refractivity contribution in [2.45, 2.75) is 59.4 Å². The van der Waals surface area contributed by atoms with Crippen LogP contribution < -0.4 is 5.32 Å². The van der Waals surface area contributed by atoms with Gasteiger partial charge in [0.15, 0.2) is 5.82 Å². The van der Waals surface area contributed by atoms with Gasteiger partial charge in [0.2, 0.25) is 5.91 Å². The van der Waals surface area contributed by atoms with Crippen molar-refractivity contribution in [2.24, 2.45) is 5.92 Å². The molecule has 32 heavy (non-hydrogen) atoms. The minimum atomic E-state index is -0.340. The molecule has 1 heterocycles. The van der Waals surface area contributed by atoms with Crippen LogP contribution in [0.2, 0.25) is 0 Å². The summed E-state index contributed by atoms with van der Waals surface area (Å²) in [5.41, 5.74) is 4.48. The summed E-state index contributed by atoms with van der Waals surface area (Å²) in [6.07, 6.45) is 4.22. The van der Waals surface area contributed by atoms with Gasteiger partial charge in [-0.05, 0) is 43.4 Å². The number of amides is 1. The second-order valence-corrected chi connectivity index (χ2v) is 8.36. The van der Waals surface area contributed by atoms with Crippen LogP contribution in [-0.2, 0) is 22.6 Å². The highest BCUT2D eigenvalue weighted by molar-refractivity contribution is 5.94. The molecule has 0 unspecified atom stereocenters. The molecule has 0 saturated heterocycles. The summed E-state index contributed by atoms with van der Waals surface area (Å²) in [7, 11) is 0. The molecule has 168 valence electrons. The van der Waals surface area contributed by atoms with Gasteiger partial charge in [-0.25, -0.2) is 0 Å². The van der Waals surface area contributed by atoms with Crippen molar-refractivity contribution in [2.75, 3.05) is 5.32 Å². The molecule has 0 spiro atoms. The number of anilines is 1. The molecule has 5 nitrogen and oxygen atoms in total. The van der Waals surface area contributed by atoms with Crippen LogP contribution in [0, 0.1) is 5.92 Å². The third-order valence-corrected chi connectivity index (χ3v) is 5.65. The topological polar surface area (TPSA) is 64.0 Å². The smallest absolute Gasteiger partial charge is 0.229 e. The van der Waals surface area contributed by atoms with Crippen LogP contribution in [0.3, 0.4) is 0 Å². The number of unbranched alkanes of at least 4 members (excludes halogenated alkanes) is 1. The molecule has 0 aliphatic rings. The number of hydrogen-bond donors (Lipinski definition) is 1. The average molecular weight is 432 g/mol. The Morgan fingerprint density at radius 2 is 1.75 bits per heavy atom. The molecule has 2 aromatic carbocycles. The van der Waals surface area contributed by atoms with E-state index >= 15 is 0 Å². The van der Waals surface area contributed by atoms with Gasteiger partial charge in [-0.1, -0.05) is 68.8 Å². The van der Waals surface area contributed by atoms with Gasteiger partial charge in [-0.15, -0.1) is 0 Å². The zero-order valence-electron chi connectivity index (χ0n) is 19.3. The second kappa shape index (κ2) is 11.4. The van der Waals surface area contributed by atoms with Crippen molar-refractivity contribution in [1.29, 1.82) is 0 Å². The van der Waals surface area contributed by atoms with Crippen LogP contribution in [0.1, 0.15) is 57.6 Å². The first-order chi connectivity index (χ1) is 15.5. The van der Waals surface area contributed by atoms with Crippen molar-refractivity contribution in [3.8, 4) is 11.3 Å². The molecule has 0 aliphatic carbocycles. The molecular formula is C27H33N3O2. The maximum atomic E-state index is 12.8. The lowest BCUT2D eigenvalue weighted by Gasteiger charge is -2.11. The quantitative estimate of drug-likeness (QED) is 0.412. The fourth-order valence-corrected chi connectivity index (χ4v) is 3.85. The molecule has 1 amide bonds. The number of aryl methyl sites for hydroxylation is 1. The van der Waals surface area contributed by atoms with E-state index < -0.39 is 0 Å². The molecule has 3 aromatic rings. The lowest BCUT2D eigenvalue weighted by atomic mass is 9.99.